The summed E-state index contributed by atoms with van der Waals surface area (Å²) in [5.41, 5.74) is 3.49. The topological polar surface area (TPSA) is 103 Å². The molecule has 1 aliphatic heterocycles. The van der Waals surface area contributed by atoms with Gasteiger partial charge in [0, 0.05) is 30.3 Å². The fourth-order valence-electron chi connectivity index (χ4n) is 3.58. The molecule has 27 heavy (non-hydrogen) atoms. The van der Waals surface area contributed by atoms with Crippen LogP contribution in [0.3, 0.4) is 0 Å². The van der Waals surface area contributed by atoms with Crippen molar-refractivity contribution in [1.29, 1.82) is 0 Å². The summed E-state index contributed by atoms with van der Waals surface area (Å²) in [6.07, 6.45) is 3.89. The van der Waals surface area contributed by atoms with Gasteiger partial charge in [-0.1, -0.05) is 6.07 Å². The molecule has 0 saturated carbocycles. The van der Waals surface area contributed by atoms with Crippen molar-refractivity contribution in [3.8, 4) is 5.82 Å². The fraction of sp³-hybridized carbons (Fsp3) is 0.222. The van der Waals surface area contributed by atoms with Crippen molar-refractivity contribution in [2.24, 2.45) is 0 Å². The summed E-state index contributed by atoms with van der Waals surface area (Å²) < 4.78 is 3.33. The summed E-state index contributed by atoms with van der Waals surface area (Å²) >= 11 is 0. The first-order valence-corrected chi connectivity index (χ1v) is 8.60. The van der Waals surface area contributed by atoms with Crippen molar-refractivity contribution < 1.29 is 4.79 Å². The molecular weight excluding hydrogens is 344 g/mol. The molecule has 5 rings (SSSR count). The zero-order valence-electron chi connectivity index (χ0n) is 14.8. The van der Waals surface area contributed by atoms with Crippen LogP contribution in [0.4, 0.5) is 5.82 Å². The molecule has 1 N–H and O–H groups in total. The Kier molecular flexibility index (Phi) is 3.30. The van der Waals surface area contributed by atoms with Gasteiger partial charge in [0.15, 0.2) is 17.3 Å². The van der Waals surface area contributed by atoms with E-state index in [1.807, 2.05) is 38.1 Å². The second-order valence-electron chi connectivity index (χ2n) is 6.56. The molecule has 4 aromatic rings. The second kappa shape index (κ2) is 5.70. The van der Waals surface area contributed by atoms with E-state index < -0.39 is 0 Å². The van der Waals surface area contributed by atoms with Gasteiger partial charge in [0.1, 0.15) is 5.82 Å². The quantitative estimate of drug-likeness (QED) is 0.585. The number of carbonyl (C=O) groups excluding carboxylic acids is 1. The van der Waals surface area contributed by atoms with Gasteiger partial charge in [-0.05, 0) is 37.6 Å². The van der Waals surface area contributed by atoms with Crippen LogP contribution in [-0.2, 0) is 4.79 Å². The Balaban J connectivity index is 1.69. The molecule has 1 atom stereocenters. The Morgan fingerprint density at radius 2 is 2.04 bits per heavy atom. The highest BCUT2D eigenvalue weighted by Crippen LogP contribution is 2.39. The van der Waals surface area contributed by atoms with Crippen LogP contribution in [0, 0.1) is 13.8 Å². The highest BCUT2D eigenvalue weighted by Gasteiger charge is 2.33. The third-order valence-electron chi connectivity index (χ3n) is 4.81. The van der Waals surface area contributed by atoms with Crippen LogP contribution in [0.1, 0.15) is 35.0 Å². The van der Waals surface area contributed by atoms with E-state index in [4.69, 9.17) is 0 Å². The third-order valence-corrected chi connectivity index (χ3v) is 4.81. The molecule has 5 heterocycles. The summed E-state index contributed by atoms with van der Waals surface area (Å²) in [7, 11) is 0. The number of rotatable bonds is 2. The number of hydrogen-bond acceptors (Lipinski definition) is 6. The lowest BCUT2D eigenvalue weighted by molar-refractivity contribution is -0.116. The lowest BCUT2D eigenvalue weighted by atomic mass is 9.87. The van der Waals surface area contributed by atoms with Crippen molar-refractivity contribution >= 4 is 17.4 Å². The van der Waals surface area contributed by atoms with E-state index in [2.05, 4.69) is 30.7 Å². The lowest BCUT2D eigenvalue weighted by Crippen LogP contribution is -2.25. The predicted octanol–water partition coefficient (Wildman–Crippen LogP) is 1.80. The molecule has 0 unspecified atom stereocenters. The van der Waals surface area contributed by atoms with Gasteiger partial charge in [0.25, 0.3) is 0 Å². The fourth-order valence-corrected chi connectivity index (χ4v) is 3.58. The summed E-state index contributed by atoms with van der Waals surface area (Å²) in [5.74, 6) is 1.77. The maximum absolute atomic E-state index is 12.4. The van der Waals surface area contributed by atoms with Gasteiger partial charge in [-0.3, -0.25) is 9.78 Å². The van der Waals surface area contributed by atoms with Gasteiger partial charge < -0.3 is 5.32 Å². The van der Waals surface area contributed by atoms with Crippen LogP contribution in [0.15, 0.2) is 36.7 Å². The summed E-state index contributed by atoms with van der Waals surface area (Å²) in [6, 6.07) is 7.51. The van der Waals surface area contributed by atoms with Crippen LogP contribution < -0.4 is 5.32 Å². The Labute approximate surface area is 154 Å². The number of nitrogens with zero attached hydrogens (tertiary/aromatic N) is 7. The molecule has 4 aromatic heterocycles. The van der Waals surface area contributed by atoms with Crippen molar-refractivity contribution in [1.82, 2.24) is 34.6 Å². The zero-order chi connectivity index (χ0) is 18.5. The molecule has 0 saturated heterocycles. The van der Waals surface area contributed by atoms with E-state index in [1.165, 1.54) is 0 Å². The molecule has 0 bridgehead atoms. The predicted molar refractivity (Wildman–Crippen MR) is 96.7 cm³/mol. The number of hydrogen-bond donors (Lipinski definition) is 1. The molecule has 9 nitrogen and oxygen atoms in total. The summed E-state index contributed by atoms with van der Waals surface area (Å²) in [5, 5.41) is 20.3. The van der Waals surface area contributed by atoms with Crippen molar-refractivity contribution in [3.05, 3.63) is 59.3 Å². The van der Waals surface area contributed by atoms with Crippen molar-refractivity contribution in [2.45, 2.75) is 26.2 Å². The number of pyridine rings is 1. The normalized spacial score (nSPS) is 16.4. The van der Waals surface area contributed by atoms with Gasteiger partial charge in [0.2, 0.25) is 5.91 Å². The molecule has 0 aliphatic carbocycles. The van der Waals surface area contributed by atoms with Crippen LogP contribution in [-0.4, -0.2) is 40.5 Å². The average molecular weight is 360 g/mol. The van der Waals surface area contributed by atoms with Crippen molar-refractivity contribution in [2.75, 3.05) is 5.32 Å². The minimum absolute atomic E-state index is 0.0564. The second-order valence-corrected chi connectivity index (χ2v) is 6.56. The Morgan fingerprint density at radius 1 is 1.15 bits per heavy atom. The first kappa shape index (κ1) is 15.6. The van der Waals surface area contributed by atoms with E-state index in [0.717, 1.165) is 16.8 Å². The van der Waals surface area contributed by atoms with E-state index in [9.17, 15) is 4.79 Å². The molecule has 0 aromatic carbocycles. The first-order valence-electron chi connectivity index (χ1n) is 8.60. The minimum Gasteiger partial charge on any atom is -0.310 e. The standard InChI is InChI=1S/C18H16N8O/c1-10-17-13(12-4-3-7-19-9-12)8-16(27)20-18(17)26(23-10)15-6-5-14-22-21-11(2)25(14)24-15/h3-7,9,13H,8H2,1-2H3,(H,20,27)/t13-/m1/s1. The number of carbonyl (C=O) groups is 1. The summed E-state index contributed by atoms with van der Waals surface area (Å²) in [6.45, 7) is 3.78. The van der Waals surface area contributed by atoms with Crippen LogP contribution >= 0.6 is 0 Å². The monoisotopic (exact) mass is 360 g/mol. The number of fused-ring (bicyclic) bond motifs is 2. The average Bonchev–Trinajstić information content (AvgIpc) is 3.22. The molecule has 1 aliphatic rings. The maximum Gasteiger partial charge on any atom is 0.226 e. The number of amides is 1. The highest BCUT2D eigenvalue weighted by atomic mass is 16.1. The molecular formula is C18H16N8O. The first-order chi connectivity index (χ1) is 13.1. The zero-order valence-corrected chi connectivity index (χ0v) is 14.8. The maximum atomic E-state index is 12.4. The molecule has 9 heteroatoms. The number of nitrogens with one attached hydrogen (secondary N) is 1. The Hall–Kier alpha value is -3.62. The minimum atomic E-state index is -0.0865. The molecule has 0 radical (unpaired) electrons. The largest absolute Gasteiger partial charge is 0.310 e. The number of aromatic nitrogens is 7. The Morgan fingerprint density at radius 3 is 2.85 bits per heavy atom. The third kappa shape index (κ3) is 2.39. The SMILES string of the molecule is Cc1nn(-c2ccc3nnc(C)n3n2)c2c1[C@@H](c1cccnc1)CC(=O)N2. The lowest BCUT2D eigenvalue weighted by Gasteiger charge is -2.24. The van der Waals surface area contributed by atoms with Gasteiger partial charge in [-0.25, -0.2) is 0 Å². The highest BCUT2D eigenvalue weighted by molar-refractivity contribution is 5.95. The molecule has 0 spiro atoms. The molecule has 1 amide bonds. The number of aryl methyl sites for hydroxylation is 2. The van der Waals surface area contributed by atoms with Gasteiger partial charge in [-0.15, -0.1) is 15.3 Å². The Bertz CT molecular complexity index is 1180. The van der Waals surface area contributed by atoms with Gasteiger partial charge >= 0.3 is 0 Å². The summed E-state index contributed by atoms with van der Waals surface area (Å²) in [4.78, 5) is 16.6. The van der Waals surface area contributed by atoms with Crippen LogP contribution in [0.5, 0.6) is 0 Å². The van der Waals surface area contributed by atoms with Crippen LogP contribution in [0.25, 0.3) is 11.5 Å². The van der Waals surface area contributed by atoms with E-state index >= 15 is 0 Å². The van der Waals surface area contributed by atoms with E-state index in [0.29, 0.717) is 29.5 Å². The van der Waals surface area contributed by atoms with Crippen molar-refractivity contribution in [3.63, 3.8) is 0 Å². The van der Waals surface area contributed by atoms with Gasteiger partial charge in [-0.2, -0.15) is 14.3 Å². The smallest absolute Gasteiger partial charge is 0.226 e. The van der Waals surface area contributed by atoms with Gasteiger partial charge in [0.05, 0.1) is 5.69 Å². The number of anilines is 1. The van der Waals surface area contributed by atoms with E-state index in [1.54, 1.807) is 21.6 Å². The van der Waals surface area contributed by atoms with E-state index in [-0.39, 0.29) is 11.8 Å². The molecule has 134 valence electrons. The molecule has 0 fully saturated rings. The van der Waals surface area contributed by atoms with Crippen LogP contribution in [0.2, 0.25) is 0 Å².